The normalized spacial score (nSPS) is 11.1. The van der Waals surface area contributed by atoms with E-state index in [0.29, 0.717) is 34.5 Å². The number of aromatic carboxylic acids is 1. The quantitative estimate of drug-likeness (QED) is 0.761. The number of nitrogens with zero attached hydrogens (tertiary/aromatic N) is 1. The molecule has 0 fully saturated rings. The van der Waals surface area contributed by atoms with Crippen LogP contribution in [0.4, 0.5) is 0 Å². The van der Waals surface area contributed by atoms with Crippen molar-refractivity contribution in [2.24, 2.45) is 5.92 Å². The van der Waals surface area contributed by atoms with Gasteiger partial charge in [-0.25, -0.2) is 9.78 Å². The fraction of sp³-hybridized carbons (Fsp3) is 0.286. The number of hydrogen-bond donors (Lipinski definition) is 1. The molecule has 0 radical (unpaired) electrons. The third-order valence-corrected chi connectivity index (χ3v) is 3.83. The van der Waals surface area contributed by atoms with E-state index in [1.807, 2.05) is 19.9 Å². The zero-order valence-corrected chi connectivity index (χ0v) is 13.9. The first-order valence-corrected chi connectivity index (χ1v) is 7.52. The Labute approximate surface area is 135 Å². The Morgan fingerprint density at radius 2 is 2.20 bits per heavy atom. The lowest BCUT2D eigenvalue weighted by Gasteiger charge is -2.00. The van der Waals surface area contributed by atoms with E-state index in [4.69, 9.17) is 16.0 Å². The average Bonchev–Trinajstić information content (AvgIpc) is 2.75. The zero-order valence-electron chi connectivity index (χ0n) is 11.0. The van der Waals surface area contributed by atoms with Crippen LogP contribution in [0.15, 0.2) is 22.6 Å². The number of carboxylic acid groups (broad SMARTS) is 1. The highest BCUT2D eigenvalue weighted by Gasteiger charge is 2.22. The van der Waals surface area contributed by atoms with Gasteiger partial charge < -0.3 is 9.52 Å². The number of hydrogen-bond acceptors (Lipinski definition) is 3. The van der Waals surface area contributed by atoms with Gasteiger partial charge in [-0.05, 0) is 53.1 Å². The van der Waals surface area contributed by atoms with E-state index in [1.54, 1.807) is 12.1 Å². The Morgan fingerprint density at radius 1 is 1.50 bits per heavy atom. The number of aromatic nitrogens is 1. The minimum atomic E-state index is -1.10. The molecule has 106 valence electrons. The van der Waals surface area contributed by atoms with Gasteiger partial charge in [-0.15, -0.1) is 0 Å². The molecule has 0 aliphatic rings. The molecule has 1 aromatic carbocycles. The molecule has 0 aliphatic heterocycles. The van der Waals surface area contributed by atoms with Gasteiger partial charge >= 0.3 is 5.97 Å². The molecule has 0 unspecified atom stereocenters. The van der Waals surface area contributed by atoms with Crippen LogP contribution in [-0.4, -0.2) is 16.1 Å². The zero-order chi connectivity index (χ0) is 14.9. The monoisotopic (exact) mass is 405 g/mol. The maximum atomic E-state index is 11.2. The van der Waals surface area contributed by atoms with Crippen molar-refractivity contribution in [2.45, 2.75) is 20.3 Å². The number of carboxylic acids is 1. The standard InChI is InChI=1S/C14H13ClINO3/c1-7(2)5-11-12(14(18)19)20-13(17-11)9-6-8(15)3-4-10(9)16/h3-4,6-7H,5H2,1-2H3,(H,18,19). The second-order valence-electron chi connectivity index (χ2n) is 4.82. The van der Waals surface area contributed by atoms with Crippen LogP contribution in [0.5, 0.6) is 0 Å². The lowest BCUT2D eigenvalue weighted by molar-refractivity contribution is 0.0661. The molecule has 0 bridgehead atoms. The molecule has 1 N–H and O–H groups in total. The van der Waals surface area contributed by atoms with Gasteiger partial charge in [-0.1, -0.05) is 25.4 Å². The molecule has 0 atom stereocenters. The van der Waals surface area contributed by atoms with Gasteiger partial charge in [0.2, 0.25) is 11.7 Å². The van der Waals surface area contributed by atoms with Gasteiger partial charge in [0.1, 0.15) is 0 Å². The van der Waals surface area contributed by atoms with Crippen molar-refractivity contribution in [3.8, 4) is 11.5 Å². The molecular formula is C14H13ClINO3. The third kappa shape index (κ3) is 3.32. The summed E-state index contributed by atoms with van der Waals surface area (Å²) >= 11 is 8.11. The van der Waals surface area contributed by atoms with Crippen molar-refractivity contribution >= 4 is 40.2 Å². The summed E-state index contributed by atoms with van der Waals surface area (Å²) in [5.74, 6) is -0.602. The van der Waals surface area contributed by atoms with Gasteiger partial charge in [0.25, 0.3) is 0 Å². The number of oxazole rings is 1. The van der Waals surface area contributed by atoms with Crippen molar-refractivity contribution in [3.63, 3.8) is 0 Å². The fourth-order valence-corrected chi connectivity index (χ4v) is 2.56. The highest BCUT2D eigenvalue weighted by Crippen LogP contribution is 2.30. The minimum Gasteiger partial charge on any atom is -0.475 e. The van der Waals surface area contributed by atoms with Crippen molar-refractivity contribution in [2.75, 3.05) is 0 Å². The SMILES string of the molecule is CC(C)Cc1nc(-c2cc(Cl)ccc2I)oc1C(=O)O. The van der Waals surface area contributed by atoms with Gasteiger partial charge in [-0.2, -0.15) is 0 Å². The lowest BCUT2D eigenvalue weighted by atomic mass is 10.1. The summed E-state index contributed by atoms with van der Waals surface area (Å²) in [6.07, 6.45) is 0.558. The van der Waals surface area contributed by atoms with Gasteiger partial charge in [0.15, 0.2) is 0 Å². The molecule has 2 rings (SSSR count). The van der Waals surface area contributed by atoms with E-state index in [0.717, 1.165) is 3.57 Å². The summed E-state index contributed by atoms with van der Waals surface area (Å²) < 4.78 is 6.33. The number of benzene rings is 1. The highest BCUT2D eigenvalue weighted by molar-refractivity contribution is 14.1. The Kier molecular flexibility index (Phi) is 4.70. The summed E-state index contributed by atoms with van der Waals surface area (Å²) in [5, 5.41) is 9.76. The molecule has 4 nitrogen and oxygen atoms in total. The minimum absolute atomic E-state index is 0.0931. The molecule has 0 saturated heterocycles. The predicted octanol–water partition coefficient (Wildman–Crippen LogP) is 4.50. The average molecular weight is 406 g/mol. The summed E-state index contributed by atoms with van der Waals surface area (Å²) in [4.78, 5) is 15.6. The second-order valence-corrected chi connectivity index (χ2v) is 6.42. The van der Waals surface area contributed by atoms with E-state index in [2.05, 4.69) is 27.6 Å². The maximum Gasteiger partial charge on any atom is 0.373 e. The Balaban J connectivity index is 2.52. The maximum absolute atomic E-state index is 11.2. The fourth-order valence-electron chi connectivity index (χ4n) is 1.82. The third-order valence-electron chi connectivity index (χ3n) is 2.65. The van der Waals surface area contributed by atoms with Crippen LogP contribution in [0.25, 0.3) is 11.5 Å². The predicted molar refractivity (Wildman–Crippen MR) is 85.2 cm³/mol. The first-order valence-electron chi connectivity index (χ1n) is 6.07. The van der Waals surface area contributed by atoms with E-state index >= 15 is 0 Å². The Hall–Kier alpha value is -1.08. The van der Waals surface area contributed by atoms with Crippen molar-refractivity contribution in [1.82, 2.24) is 4.98 Å². The van der Waals surface area contributed by atoms with Crippen molar-refractivity contribution < 1.29 is 14.3 Å². The highest BCUT2D eigenvalue weighted by atomic mass is 127. The first-order chi connectivity index (χ1) is 9.38. The van der Waals surface area contributed by atoms with Crippen molar-refractivity contribution in [3.05, 3.63) is 38.2 Å². The van der Waals surface area contributed by atoms with Crippen LogP contribution >= 0.6 is 34.2 Å². The molecule has 0 aliphatic carbocycles. The van der Waals surface area contributed by atoms with E-state index in [-0.39, 0.29) is 5.76 Å². The molecular weight excluding hydrogens is 393 g/mol. The largest absolute Gasteiger partial charge is 0.475 e. The van der Waals surface area contributed by atoms with Crippen molar-refractivity contribution in [1.29, 1.82) is 0 Å². The lowest BCUT2D eigenvalue weighted by Crippen LogP contribution is -2.03. The summed E-state index contributed by atoms with van der Waals surface area (Å²) in [5.41, 5.74) is 1.17. The molecule has 1 aromatic heterocycles. The molecule has 1 heterocycles. The molecule has 20 heavy (non-hydrogen) atoms. The summed E-state index contributed by atoms with van der Waals surface area (Å²) in [6.45, 7) is 4.01. The second kappa shape index (κ2) is 6.13. The molecule has 0 spiro atoms. The molecule has 2 aromatic rings. The van der Waals surface area contributed by atoms with Gasteiger partial charge in [0.05, 0.1) is 11.3 Å². The van der Waals surface area contributed by atoms with E-state index < -0.39 is 5.97 Å². The van der Waals surface area contributed by atoms with Crippen LogP contribution in [0.1, 0.15) is 30.1 Å². The first kappa shape index (κ1) is 15.3. The summed E-state index contributed by atoms with van der Waals surface area (Å²) in [6, 6.07) is 5.33. The van der Waals surface area contributed by atoms with Crippen LogP contribution in [0, 0.1) is 9.49 Å². The number of halogens is 2. The molecule has 0 amide bonds. The topological polar surface area (TPSA) is 63.3 Å². The van der Waals surface area contributed by atoms with Crippen LogP contribution in [-0.2, 0) is 6.42 Å². The smallest absolute Gasteiger partial charge is 0.373 e. The van der Waals surface area contributed by atoms with Crippen LogP contribution < -0.4 is 0 Å². The Bertz CT molecular complexity index is 652. The number of rotatable bonds is 4. The summed E-state index contributed by atoms with van der Waals surface area (Å²) in [7, 11) is 0. The number of carbonyl (C=O) groups is 1. The van der Waals surface area contributed by atoms with Gasteiger partial charge in [-0.3, -0.25) is 0 Å². The Morgan fingerprint density at radius 3 is 2.80 bits per heavy atom. The molecule has 0 saturated carbocycles. The van der Waals surface area contributed by atoms with Crippen LogP contribution in [0.3, 0.4) is 0 Å². The van der Waals surface area contributed by atoms with E-state index in [9.17, 15) is 9.90 Å². The molecule has 6 heteroatoms. The van der Waals surface area contributed by atoms with Gasteiger partial charge in [0, 0.05) is 8.59 Å². The van der Waals surface area contributed by atoms with E-state index in [1.165, 1.54) is 0 Å². The van der Waals surface area contributed by atoms with Crippen LogP contribution in [0.2, 0.25) is 5.02 Å².